The summed E-state index contributed by atoms with van der Waals surface area (Å²) < 4.78 is 6.38. The Kier molecular flexibility index (Phi) is 9.74. The van der Waals surface area contributed by atoms with E-state index >= 15 is 0 Å². The van der Waals surface area contributed by atoms with Crippen LogP contribution in [0.25, 0.3) is 0 Å². The molecular weight excluding hydrogens is 551 g/mol. The van der Waals surface area contributed by atoms with Gasteiger partial charge in [0.15, 0.2) is 6.61 Å². The highest BCUT2D eigenvalue weighted by Gasteiger charge is 2.31. The lowest BCUT2D eigenvalue weighted by molar-refractivity contribution is -0.143. The third-order valence-electron chi connectivity index (χ3n) is 5.72. The van der Waals surface area contributed by atoms with Gasteiger partial charge in [-0.25, -0.2) is 0 Å². The second-order valence-corrected chi connectivity index (χ2v) is 10.1. The quantitative estimate of drug-likeness (QED) is 0.364. The average molecular weight is 577 g/mol. The lowest BCUT2D eigenvalue weighted by atomic mass is 10.1. The molecule has 0 aliphatic heterocycles. The second kappa shape index (κ2) is 12.3. The number of rotatable bonds is 9. The van der Waals surface area contributed by atoms with Gasteiger partial charge in [-0.1, -0.05) is 60.6 Å². The molecule has 0 aromatic heterocycles. The minimum atomic E-state index is -0.678. The summed E-state index contributed by atoms with van der Waals surface area (Å²) in [7, 11) is 0. The smallest absolute Gasteiger partial charge is 0.261 e. The maximum atomic E-state index is 13.4. The van der Waals surface area contributed by atoms with Crippen LogP contribution < -0.4 is 10.1 Å². The molecule has 0 bridgehead atoms. The molecule has 1 atom stereocenters. The summed E-state index contributed by atoms with van der Waals surface area (Å²) in [5.41, 5.74) is 0.592. The number of carbonyl (C=O) groups excluding carboxylic acids is 2. The van der Waals surface area contributed by atoms with Crippen molar-refractivity contribution in [2.75, 3.05) is 6.61 Å². The third-order valence-corrected chi connectivity index (χ3v) is 7.29. The fourth-order valence-corrected chi connectivity index (χ4v) is 5.27. The van der Waals surface area contributed by atoms with Crippen molar-refractivity contribution in [1.29, 1.82) is 0 Å². The summed E-state index contributed by atoms with van der Waals surface area (Å²) in [5, 5.41) is 4.53. The molecule has 9 heteroatoms. The van der Waals surface area contributed by atoms with E-state index < -0.39 is 6.04 Å². The first kappa shape index (κ1) is 26.1. The minimum absolute atomic E-state index is 0.0963. The molecule has 5 nitrogen and oxygen atoms in total. The van der Waals surface area contributed by atoms with E-state index in [-0.39, 0.29) is 31.0 Å². The minimum Gasteiger partial charge on any atom is -0.483 e. The van der Waals surface area contributed by atoms with Gasteiger partial charge in [0.05, 0.1) is 4.47 Å². The van der Waals surface area contributed by atoms with Crippen LogP contribution in [0, 0.1) is 0 Å². The molecule has 0 unspecified atom stereocenters. The van der Waals surface area contributed by atoms with Crippen molar-refractivity contribution in [3.63, 3.8) is 0 Å². The van der Waals surface area contributed by atoms with Crippen LogP contribution in [0.2, 0.25) is 15.1 Å². The third kappa shape index (κ3) is 7.01. The van der Waals surface area contributed by atoms with Crippen molar-refractivity contribution in [2.24, 2.45) is 0 Å². The molecule has 1 aliphatic rings. The van der Waals surface area contributed by atoms with E-state index in [0.717, 1.165) is 25.7 Å². The molecule has 1 N–H and O–H groups in total. The molecule has 2 amide bonds. The Morgan fingerprint density at radius 1 is 1.15 bits per heavy atom. The van der Waals surface area contributed by atoms with Gasteiger partial charge in [0.1, 0.15) is 11.8 Å². The Hall–Kier alpha value is -1.47. The molecule has 2 aromatic carbocycles. The fourth-order valence-electron chi connectivity index (χ4n) is 3.96. The fraction of sp³-hybridized carbons (Fsp3) is 0.417. The summed E-state index contributed by atoms with van der Waals surface area (Å²) in [6, 6.07) is 9.68. The Bertz CT molecular complexity index is 979. The number of nitrogens with zero attached hydrogens (tertiary/aromatic N) is 1. The Morgan fingerprint density at radius 2 is 1.82 bits per heavy atom. The first-order valence-corrected chi connectivity index (χ1v) is 12.8. The van der Waals surface area contributed by atoms with E-state index in [2.05, 4.69) is 21.2 Å². The van der Waals surface area contributed by atoms with Crippen molar-refractivity contribution >= 4 is 62.5 Å². The molecule has 178 valence electrons. The van der Waals surface area contributed by atoms with Gasteiger partial charge in [-0.15, -0.1) is 0 Å². The summed E-state index contributed by atoms with van der Waals surface area (Å²) >= 11 is 22.1. The zero-order valence-electron chi connectivity index (χ0n) is 18.3. The number of halogens is 4. The molecule has 0 spiro atoms. The predicted octanol–water partition coefficient (Wildman–Crippen LogP) is 6.65. The van der Waals surface area contributed by atoms with Crippen LogP contribution in [-0.2, 0) is 16.1 Å². The SMILES string of the molecule is CC[C@H](C(=O)NC1CCCC1)N(Cc1c(Cl)cccc1Cl)C(=O)COc1ccc(Cl)cc1Br. The normalized spacial score (nSPS) is 14.7. The molecule has 1 fully saturated rings. The van der Waals surface area contributed by atoms with Crippen molar-refractivity contribution < 1.29 is 14.3 Å². The van der Waals surface area contributed by atoms with E-state index in [1.807, 2.05) is 6.92 Å². The van der Waals surface area contributed by atoms with Gasteiger partial charge in [-0.05, 0) is 65.5 Å². The number of hydrogen-bond donors (Lipinski definition) is 1. The van der Waals surface area contributed by atoms with Gasteiger partial charge in [0, 0.05) is 33.2 Å². The topological polar surface area (TPSA) is 58.6 Å². The van der Waals surface area contributed by atoms with Crippen LogP contribution in [0.15, 0.2) is 40.9 Å². The van der Waals surface area contributed by atoms with Crippen LogP contribution in [0.4, 0.5) is 0 Å². The molecule has 0 radical (unpaired) electrons. The lowest BCUT2D eigenvalue weighted by Gasteiger charge is -2.32. The van der Waals surface area contributed by atoms with E-state index in [0.29, 0.717) is 37.3 Å². The van der Waals surface area contributed by atoms with Crippen LogP contribution in [0.5, 0.6) is 5.75 Å². The molecule has 33 heavy (non-hydrogen) atoms. The molecule has 2 aromatic rings. The zero-order chi connectivity index (χ0) is 24.0. The highest BCUT2D eigenvalue weighted by molar-refractivity contribution is 9.10. The first-order chi connectivity index (χ1) is 15.8. The van der Waals surface area contributed by atoms with Crippen molar-refractivity contribution in [3.05, 3.63) is 61.5 Å². The monoisotopic (exact) mass is 574 g/mol. The van der Waals surface area contributed by atoms with Crippen LogP contribution in [0.3, 0.4) is 0 Å². The van der Waals surface area contributed by atoms with Crippen LogP contribution in [-0.4, -0.2) is 35.4 Å². The van der Waals surface area contributed by atoms with E-state index in [1.54, 1.807) is 36.4 Å². The Labute approximate surface area is 217 Å². The summed E-state index contributed by atoms with van der Waals surface area (Å²) in [5.74, 6) is -0.0400. The largest absolute Gasteiger partial charge is 0.483 e. The van der Waals surface area contributed by atoms with E-state index in [9.17, 15) is 9.59 Å². The summed E-state index contributed by atoms with van der Waals surface area (Å²) in [6.45, 7) is 1.72. The number of benzene rings is 2. The van der Waals surface area contributed by atoms with E-state index in [4.69, 9.17) is 39.5 Å². The van der Waals surface area contributed by atoms with Gasteiger partial charge in [0.2, 0.25) is 5.91 Å². The average Bonchev–Trinajstić information content (AvgIpc) is 3.27. The Morgan fingerprint density at radius 3 is 2.42 bits per heavy atom. The number of hydrogen-bond acceptors (Lipinski definition) is 3. The number of ether oxygens (including phenoxy) is 1. The first-order valence-electron chi connectivity index (χ1n) is 10.9. The van der Waals surface area contributed by atoms with Gasteiger partial charge in [-0.3, -0.25) is 9.59 Å². The lowest BCUT2D eigenvalue weighted by Crippen LogP contribution is -2.52. The molecule has 1 saturated carbocycles. The standard InChI is InChI=1S/C24H26BrCl3N2O3/c1-2-21(24(32)29-16-6-3-4-7-16)30(13-17-19(27)8-5-9-20(17)28)23(31)14-33-22-11-10-15(26)12-18(22)25/h5,8-12,16,21H,2-4,6-7,13-14H2,1H3,(H,29,32)/t21-/m1/s1. The molecule has 0 heterocycles. The molecule has 1 aliphatic carbocycles. The maximum Gasteiger partial charge on any atom is 0.261 e. The highest BCUT2D eigenvalue weighted by atomic mass is 79.9. The van der Waals surface area contributed by atoms with Crippen LogP contribution in [0.1, 0.15) is 44.6 Å². The van der Waals surface area contributed by atoms with Crippen molar-refractivity contribution in [2.45, 2.75) is 57.7 Å². The van der Waals surface area contributed by atoms with Crippen molar-refractivity contribution in [1.82, 2.24) is 10.2 Å². The van der Waals surface area contributed by atoms with Gasteiger partial charge < -0.3 is 15.0 Å². The zero-order valence-corrected chi connectivity index (χ0v) is 22.1. The van der Waals surface area contributed by atoms with Gasteiger partial charge >= 0.3 is 0 Å². The summed E-state index contributed by atoms with van der Waals surface area (Å²) in [6.07, 6.45) is 4.56. The number of carbonyl (C=O) groups is 2. The second-order valence-electron chi connectivity index (χ2n) is 8.00. The van der Waals surface area contributed by atoms with Crippen LogP contribution >= 0.6 is 50.7 Å². The van der Waals surface area contributed by atoms with Crippen molar-refractivity contribution in [3.8, 4) is 5.75 Å². The highest BCUT2D eigenvalue weighted by Crippen LogP contribution is 2.29. The summed E-state index contributed by atoms with van der Waals surface area (Å²) in [4.78, 5) is 28.0. The molecular formula is C24H26BrCl3N2O3. The molecule has 0 saturated heterocycles. The number of amides is 2. The Balaban J connectivity index is 1.82. The number of nitrogens with one attached hydrogen (secondary N) is 1. The molecule has 3 rings (SSSR count). The van der Waals surface area contributed by atoms with E-state index in [1.165, 1.54) is 4.90 Å². The maximum absolute atomic E-state index is 13.4. The van der Waals surface area contributed by atoms with Gasteiger partial charge in [0.25, 0.3) is 5.91 Å². The van der Waals surface area contributed by atoms with Gasteiger partial charge in [-0.2, -0.15) is 0 Å². The predicted molar refractivity (Wildman–Crippen MR) is 136 cm³/mol.